The number of carbonyl (C=O) groups is 1. The Morgan fingerprint density at radius 1 is 1.35 bits per heavy atom. The van der Waals surface area contributed by atoms with Gasteiger partial charge in [-0.1, -0.05) is 38.3 Å². The van der Waals surface area contributed by atoms with Crippen LogP contribution in [0, 0.1) is 0 Å². The Bertz CT molecular complexity index is 414. The first kappa shape index (κ1) is 16.9. The SMILES string of the molecule is CCCC(O)(CCC)CC(=O)NCc1ccc(Cl)cn1. The smallest absolute Gasteiger partial charge is 0.223 e. The molecule has 4 nitrogen and oxygen atoms in total. The maximum absolute atomic E-state index is 11.9. The molecule has 1 rings (SSSR count). The topological polar surface area (TPSA) is 62.2 Å². The van der Waals surface area contributed by atoms with Crippen molar-refractivity contribution in [3.8, 4) is 0 Å². The lowest BCUT2D eigenvalue weighted by molar-refractivity contribution is -0.126. The second-order valence-corrected chi connectivity index (χ2v) is 5.58. The van der Waals surface area contributed by atoms with E-state index in [-0.39, 0.29) is 12.3 Å². The molecule has 1 amide bonds. The number of hydrogen-bond acceptors (Lipinski definition) is 3. The molecular weight excluding hydrogens is 276 g/mol. The van der Waals surface area contributed by atoms with Gasteiger partial charge in [0.25, 0.3) is 0 Å². The highest BCUT2D eigenvalue weighted by Gasteiger charge is 2.27. The Morgan fingerprint density at radius 2 is 2.00 bits per heavy atom. The van der Waals surface area contributed by atoms with Crippen LogP contribution >= 0.6 is 11.6 Å². The molecule has 0 spiro atoms. The predicted molar refractivity (Wildman–Crippen MR) is 80.5 cm³/mol. The normalized spacial score (nSPS) is 11.4. The standard InChI is InChI=1S/C15H23ClN2O2/c1-3-7-15(20,8-4-2)9-14(19)18-11-13-6-5-12(16)10-17-13/h5-6,10,20H,3-4,7-9,11H2,1-2H3,(H,18,19). The van der Waals surface area contributed by atoms with Crippen molar-refractivity contribution >= 4 is 17.5 Å². The van der Waals surface area contributed by atoms with Gasteiger partial charge < -0.3 is 10.4 Å². The highest BCUT2D eigenvalue weighted by molar-refractivity contribution is 6.30. The third-order valence-corrected chi connectivity index (χ3v) is 3.40. The van der Waals surface area contributed by atoms with E-state index in [1.807, 2.05) is 13.8 Å². The number of rotatable bonds is 8. The van der Waals surface area contributed by atoms with E-state index in [9.17, 15) is 9.90 Å². The van der Waals surface area contributed by atoms with Gasteiger partial charge in [-0.15, -0.1) is 0 Å². The van der Waals surface area contributed by atoms with Gasteiger partial charge in [0, 0.05) is 6.20 Å². The van der Waals surface area contributed by atoms with E-state index in [1.165, 1.54) is 0 Å². The Labute approximate surface area is 125 Å². The van der Waals surface area contributed by atoms with Crippen molar-refractivity contribution in [3.63, 3.8) is 0 Å². The summed E-state index contributed by atoms with van der Waals surface area (Å²) in [6.45, 7) is 4.37. The number of hydrogen-bond donors (Lipinski definition) is 2. The summed E-state index contributed by atoms with van der Waals surface area (Å²) in [5.41, 5.74) is -0.140. The Kier molecular flexibility index (Phi) is 6.96. The third kappa shape index (κ3) is 5.88. The molecule has 0 aliphatic carbocycles. The summed E-state index contributed by atoms with van der Waals surface area (Å²) in [5.74, 6) is -0.147. The fourth-order valence-electron chi connectivity index (χ4n) is 2.29. The van der Waals surface area contributed by atoms with Crippen LogP contribution in [0.25, 0.3) is 0 Å². The van der Waals surface area contributed by atoms with Gasteiger partial charge in [0.1, 0.15) is 0 Å². The Balaban J connectivity index is 2.47. The zero-order chi connectivity index (χ0) is 15.0. The first-order chi connectivity index (χ1) is 9.49. The molecule has 0 aliphatic rings. The van der Waals surface area contributed by atoms with Gasteiger partial charge >= 0.3 is 0 Å². The number of amides is 1. The van der Waals surface area contributed by atoms with Gasteiger partial charge in [0.15, 0.2) is 0 Å². The highest BCUT2D eigenvalue weighted by atomic mass is 35.5. The summed E-state index contributed by atoms with van der Waals surface area (Å²) in [5, 5.41) is 13.8. The van der Waals surface area contributed by atoms with E-state index >= 15 is 0 Å². The molecule has 112 valence electrons. The zero-order valence-corrected chi connectivity index (χ0v) is 12.9. The van der Waals surface area contributed by atoms with Crippen molar-refractivity contribution in [1.29, 1.82) is 0 Å². The molecule has 20 heavy (non-hydrogen) atoms. The number of carbonyl (C=O) groups excluding carboxylic acids is 1. The molecule has 5 heteroatoms. The van der Waals surface area contributed by atoms with E-state index < -0.39 is 5.60 Å². The molecule has 0 saturated carbocycles. The van der Waals surface area contributed by atoms with Crippen LogP contribution in [0.1, 0.15) is 51.6 Å². The lowest BCUT2D eigenvalue weighted by atomic mass is 9.89. The van der Waals surface area contributed by atoms with E-state index in [0.717, 1.165) is 18.5 Å². The Morgan fingerprint density at radius 3 is 2.50 bits per heavy atom. The van der Waals surface area contributed by atoms with Gasteiger partial charge in [-0.3, -0.25) is 9.78 Å². The summed E-state index contributed by atoms with van der Waals surface area (Å²) < 4.78 is 0. The van der Waals surface area contributed by atoms with E-state index in [1.54, 1.807) is 18.3 Å². The quantitative estimate of drug-likeness (QED) is 0.775. The lowest BCUT2D eigenvalue weighted by Crippen LogP contribution is -2.36. The minimum Gasteiger partial charge on any atom is -0.389 e. The average Bonchev–Trinajstić information content (AvgIpc) is 2.38. The number of halogens is 1. The molecule has 0 unspecified atom stereocenters. The first-order valence-electron chi connectivity index (χ1n) is 7.08. The van der Waals surface area contributed by atoms with Crippen molar-refractivity contribution in [2.75, 3.05) is 0 Å². The minimum atomic E-state index is -0.888. The maximum atomic E-state index is 11.9. The summed E-state index contributed by atoms with van der Waals surface area (Å²) in [7, 11) is 0. The molecule has 0 aromatic carbocycles. The Hall–Kier alpha value is -1.13. The van der Waals surface area contributed by atoms with Crippen molar-refractivity contribution in [2.24, 2.45) is 0 Å². The van der Waals surface area contributed by atoms with Crippen LogP contribution in [0.15, 0.2) is 18.3 Å². The van der Waals surface area contributed by atoms with Crippen molar-refractivity contribution in [1.82, 2.24) is 10.3 Å². The molecule has 0 bridgehead atoms. The molecule has 0 aliphatic heterocycles. The molecule has 1 heterocycles. The van der Waals surface area contributed by atoms with E-state index in [2.05, 4.69) is 10.3 Å². The molecule has 1 aromatic rings. The fourth-order valence-corrected chi connectivity index (χ4v) is 2.41. The fraction of sp³-hybridized carbons (Fsp3) is 0.600. The minimum absolute atomic E-state index is 0.141. The van der Waals surface area contributed by atoms with Crippen molar-refractivity contribution in [2.45, 2.75) is 58.1 Å². The predicted octanol–water partition coefficient (Wildman–Crippen LogP) is 3.07. The highest BCUT2D eigenvalue weighted by Crippen LogP contribution is 2.23. The van der Waals surface area contributed by atoms with E-state index in [4.69, 9.17) is 11.6 Å². The van der Waals surface area contributed by atoms with Crippen LogP contribution in [-0.4, -0.2) is 21.6 Å². The monoisotopic (exact) mass is 298 g/mol. The van der Waals surface area contributed by atoms with Crippen LogP contribution in [0.3, 0.4) is 0 Å². The number of aromatic nitrogens is 1. The van der Waals surface area contributed by atoms with Crippen LogP contribution < -0.4 is 5.32 Å². The number of nitrogens with zero attached hydrogens (tertiary/aromatic N) is 1. The van der Waals surface area contributed by atoms with Gasteiger partial charge in [0.2, 0.25) is 5.91 Å². The molecule has 0 radical (unpaired) electrons. The molecule has 0 fully saturated rings. The van der Waals surface area contributed by atoms with E-state index in [0.29, 0.717) is 24.4 Å². The number of aliphatic hydroxyl groups is 1. The number of nitrogens with one attached hydrogen (secondary N) is 1. The molecular formula is C15H23ClN2O2. The third-order valence-electron chi connectivity index (χ3n) is 3.18. The first-order valence-corrected chi connectivity index (χ1v) is 7.46. The van der Waals surface area contributed by atoms with Gasteiger partial charge in [0.05, 0.1) is 29.3 Å². The second-order valence-electron chi connectivity index (χ2n) is 5.15. The second kappa shape index (κ2) is 8.22. The summed E-state index contributed by atoms with van der Waals surface area (Å²) in [6.07, 6.45) is 4.71. The lowest BCUT2D eigenvalue weighted by Gasteiger charge is -2.26. The molecule has 2 N–H and O–H groups in total. The largest absolute Gasteiger partial charge is 0.389 e. The molecule has 1 aromatic heterocycles. The van der Waals surface area contributed by atoms with Crippen molar-refractivity contribution in [3.05, 3.63) is 29.0 Å². The molecule has 0 atom stereocenters. The summed E-state index contributed by atoms with van der Waals surface area (Å²) in [6, 6.07) is 3.51. The maximum Gasteiger partial charge on any atom is 0.223 e. The zero-order valence-electron chi connectivity index (χ0n) is 12.2. The van der Waals surface area contributed by atoms with Crippen LogP contribution in [-0.2, 0) is 11.3 Å². The van der Waals surface area contributed by atoms with Crippen LogP contribution in [0.4, 0.5) is 0 Å². The summed E-state index contributed by atoms with van der Waals surface area (Å²) >= 11 is 5.75. The molecule has 0 saturated heterocycles. The van der Waals surface area contributed by atoms with Crippen LogP contribution in [0.5, 0.6) is 0 Å². The van der Waals surface area contributed by atoms with Gasteiger partial charge in [-0.05, 0) is 25.0 Å². The van der Waals surface area contributed by atoms with Gasteiger partial charge in [-0.2, -0.15) is 0 Å². The number of pyridine rings is 1. The van der Waals surface area contributed by atoms with Crippen LogP contribution in [0.2, 0.25) is 5.02 Å². The summed E-state index contributed by atoms with van der Waals surface area (Å²) in [4.78, 5) is 16.0. The average molecular weight is 299 g/mol. The van der Waals surface area contributed by atoms with Crippen molar-refractivity contribution < 1.29 is 9.90 Å². The van der Waals surface area contributed by atoms with Gasteiger partial charge in [-0.25, -0.2) is 0 Å².